The van der Waals surface area contributed by atoms with Crippen LogP contribution < -0.4 is 0 Å². The van der Waals surface area contributed by atoms with E-state index >= 15 is 0 Å². The Balaban J connectivity index is 2.51. The number of fused-ring (bicyclic) bond motifs is 1. The van der Waals surface area contributed by atoms with Crippen molar-refractivity contribution in [2.24, 2.45) is 0 Å². The standard InChI is InChI=1S/C16H16O8/c1-21-15(19)11-5-9-7-23-13(17)3-4-14(18)24-8-10(9)6-12(11)16(20)22-2/h5-6H,3-4,7-8H2,1-2H3. The summed E-state index contributed by atoms with van der Waals surface area (Å²) in [6.07, 6.45) is -0.170. The second-order valence-electron chi connectivity index (χ2n) is 4.97. The van der Waals surface area contributed by atoms with Gasteiger partial charge in [-0.25, -0.2) is 9.59 Å². The lowest BCUT2D eigenvalue weighted by molar-refractivity contribution is -0.152. The van der Waals surface area contributed by atoms with Crippen molar-refractivity contribution < 1.29 is 38.1 Å². The molecule has 128 valence electrons. The first-order valence-corrected chi connectivity index (χ1v) is 7.10. The zero-order valence-electron chi connectivity index (χ0n) is 13.2. The van der Waals surface area contributed by atoms with Gasteiger partial charge in [0.15, 0.2) is 0 Å². The summed E-state index contributed by atoms with van der Waals surface area (Å²) in [5.41, 5.74) is 0.822. The van der Waals surface area contributed by atoms with Crippen molar-refractivity contribution in [3.63, 3.8) is 0 Å². The molecular formula is C16H16O8. The first-order chi connectivity index (χ1) is 11.5. The fraction of sp³-hybridized carbons (Fsp3) is 0.375. The normalized spacial score (nSPS) is 14.8. The van der Waals surface area contributed by atoms with Crippen LogP contribution in [0.3, 0.4) is 0 Å². The van der Waals surface area contributed by atoms with E-state index in [0.717, 1.165) is 0 Å². The van der Waals surface area contributed by atoms with Crippen LogP contribution in [0.4, 0.5) is 0 Å². The van der Waals surface area contributed by atoms with Gasteiger partial charge < -0.3 is 18.9 Å². The monoisotopic (exact) mass is 336 g/mol. The molecule has 8 heteroatoms. The Morgan fingerprint density at radius 3 is 1.54 bits per heavy atom. The van der Waals surface area contributed by atoms with Gasteiger partial charge in [0.05, 0.1) is 38.2 Å². The fourth-order valence-electron chi connectivity index (χ4n) is 2.18. The molecule has 0 bridgehead atoms. The highest BCUT2D eigenvalue weighted by atomic mass is 16.5. The van der Waals surface area contributed by atoms with Crippen LogP contribution in [-0.4, -0.2) is 38.1 Å². The number of carbonyl (C=O) groups excluding carboxylic acids is 4. The van der Waals surface area contributed by atoms with Crippen LogP contribution in [0.5, 0.6) is 0 Å². The third kappa shape index (κ3) is 3.89. The van der Waals surface area contributed by atoms with Crippen molar-refractivity contribution >= 4 is 23.9 Å². The molecular weight excluding hydrogens is 320 g/mol. The van der Waals surface area contributed by atoms with E-state index in [-0.39, 0.29) is 37.2 Å². The molecule has 24 heavy (non-hydrogen) atoms. The minimum Gasteiger partial charge on any atom is -0.465 e. The van der Waals surface area contributed by atoms with Crippen LogP contribution in [0.2, 0.25) is 0 Å². The second kappa shape index (κ2) is 7.58. The molecule has 1 heterocycles. The number of cyclic esters (lactones) is 2. The molecule has 1 aliphatic heterocycles. The van der Waals surface area contributed by atoms with Crippen molar-refractivity contribution in [3.05, 3.63) is 34.4 Å². The van der Waals surface area contributed by atoms with Gasteiger partial charge in [-0.15, -0.1) is 0 Å². The summed E-state index contributed by atoms with van der Waals surface area (Å²) >= 11 is 0. The van der Waals surface area contributed by atoms with Crippen molar-refractivity contribution in [2.45, 2.75) is 26.1 Å². The van der Waals surface area contributed by atoms with Gasteiger partial charge in [0.2, 0.25) is 0 Å². The summed E-state index contributed by atoms with van der Waals surface area (Å²) in [6, 6.07) is 2.74. The number of ether oxygens (including phenoxy) is 4. The summed E-state index contributed by atoms with van der Waals surface area (Å²) in [5, 5.41) is 0. The van der Waals surface area contributed by atoms with E-state index < -0.39 is 23.9 Å². The molecule has 0 N–H and O–H groups in total. The Labute approximate surface area is 137 Å². The molecule has 0 fully saturated rings. The molecule has 2 rings (SSSR count). The molecule has 0 atom stereocenters. The predicted molar refractivity (Wildman–Crippen MR) is 77.9 cm³/mol. The Morgan fingerprint density at radius 2 is 1.21 bits per heavy atom. The predicted octanol–water partition coefficient (Wildman–Crippen LogP) is 1.14. The lowest BCUT2D eigenvalue weighted by atomic mass is 9.98. The summed E-state index contributed by atoms with van der Waals surface area (Å²) in [4.78, 5) is 46.9. The van der Waals surface area contributed by atoms with Gasteiger partial charge in [0, 0.05) is 0 Å². The van der Waals surface area contributed by atoms with Gasteiger partial charge >= 0.3 is 23.9 Å². The van der Waals surface area contributed by atoms with Gasteiger partial charge in [0.25, 0.3) is 0 Å². The first kappa shape index (κ1) is 17.5. The van der Waals surface area contributed by atoms with Gasteiger partial charge in [-0.05, 0) is 23.3 Å². The molecule has 1 aromatic rings. The number of rotatable bonds is 2. The largest absolute Gasteiger partial charge is 0.465 e. The minimum absolute atomic E-state index is 0.0254. The third-order valence-corrected chi connectivity index (χ3v) is 3.46. The van der Waals surface area contributed by atoms with Crippen LogP contribution in [0.25, 0.3) is 0 Å². The van der Waals surface area contributed by atoms with Crippen molar-refractivity contribution in [1.29, 1.82) is 0 Å². The topological polar surface area (TPSA) is 105 Å². The zero-order chi connectivity index (χ0) is 17.7. The highest BCUT2D eigenvalue weighted by Crippen LogP contribution is 2.22. The Hall–Kier alpha value is -2.90. The summed E-state index contributed by atoms with van der Waals surface area (Å²) in [6.45, 7) is -0.228. The van der Waals surface area contributed by atoms with Crippen LogP contribution >= 0.6 is 0 Å². The molecule has 8 nitrogen and oxygen atoms in total. The van der Waals surface area contributed by atoms with E-state index in [4.69, 9.17) is 9.47 Å². The van der Waals surface area contributed by atoms with Crippen LogP contribution in [0.1, 0.15) is 44.7 Å². The molecule has 1 aromatic carbocycles. The van der Waals surface area contributed by atoms with E-state index in [9.17, 15) is 19.2 Å². The average Bonchev–Trinajstić information content (AvgIpc) is 2.60. The molecule has 1 aliphatic rings. The average molecular weight is 336 g/mol. The van der Waals surface area contributed by atoms with Gasteiger partial charge in [-0.3, -0.25) is 9.59 Å². The van der Waals surface area contributed by atoms with Gasteiger partial charge in [0.1, 0.15) is 13.2 Å². The molecule has 0 radical (unpaired) electrons. The lowest BCUT2D eigenvalue weighted by Crippen LogP contribution is -2.17. The van der Waals surface area contributed by atoms with E-state index in [1.165, 1.54) is 26.4 Å². The molecule has 0 saturated carbocycles. The number of carbonyl (C=O) groups is 4. The van der Waals surface area contributed by atoms with Gasteiger partial charge in [-0.1, -0.05) is 0 Å². The van der Waals surface area contributed by atoms with E-state index in [1.54, 1.807) is 0 Å². The molecule has 0 saturated heterocycles. The van der Waals surface area contributed by atoms with E-state index in [0.29, 0.717) is 11.1 Å². The smallest absolute Gasteiger partial charge is 0.338 e. The summed E-state index contributed by atoms with van der Waals surface area (Å²) in [5.74, 6) is -2.59. The van der Waals surface area contributed by atoms with Crippen LogP contribution in [0.15, 0.2) is 12.1 Å². The van der Waals surface area contributed by atoms with Crippen molar-refractivity contribution in [1.82, 2.24) is 0 Å². The van der Waals surface area contributed by atoms with Crippen LogP contribution in [0, 0.1) is 0 Å². The highest BCUT2D eigenvalue weighted by molar-refractivity contribution is 6.03. The number of methoxy groups -OCH3 is 2. The highest BCUT2D eigenvalue weighted by Gasteiger charge is 2.23. The molecule has 0 aromatic heterocycles. The number of esters is 4. The van der Waals surface area contributed by atoms with Gasteiger partial charge in [-0.2, -0.15) is 0 Å². The number of hydrogen-bond acceptors (Lipinski definition) is 8. The molecule has 0 spiro atoms. The van der Waals surface area contributed by atoms with E-state index in [2.05, 4.69) is 9.47 Å². The zero-order valence-corrected chi connectivity index (χ0v) is 13.2. The Morgan fingerprint density at radius 1 is 0.833 bits per heavy atom. The number of hydrogen-bond donors (Lipinski definition) is 0. The maximum atomic E-state index is 11.9. The summed E-state index contributed by atoms with van der Waals surface area (Å²) < 4.78 is 19.5. The first-order valence-electron chi connectivity index (χ1n) is 7.10. The second-order valence-corrected chi connectivity index (χ2v) is 4.97. The lowest BCUT2D eigenvalue weighted by Gasteiger charge is -2.16. The fourth-order valence-corrected chi connectivity index (χ4v) is 2.18. The quantitative estimate of drug-likeness (QED) is 0.585. The Bertz CT molecular complexity index is 633. The molecule has 0 amide bonds. The van der Waals surface area contributed by atoms with Crippen LogP contribution in [-0.2, 0) is 41.8 Å². The SMILES string of the molecule is COC(=O)c1cc2c(cc1C(=O)OC)COC(=O)CCC(=O)OC2. The molecule has 0 aliphatic carbocycles. The maximum absolute atomic E-state index is 11.9. The van der Waals surface area contributed by atoms with Crippen molar-refractivity contribution in [3.8, 4) is 0 Å². The summed E-state index contributed by atoms with van der Waals surface area (Å²) in [7, 11) is 2.36. The number of benzene rings is 1. The third-order valence-electron chi connectivity index (χ3n) is 3.46. The van der Waals surface area contributed by atoms with Crippen molar-refractivity contribution in [2.75, 3.05) is 14.2 Å². The minimum atomic E-state index is -0.737. The van der Waals surface area contributed by atoms with E-state index in [1.807, 2.05) is 0 Å². The maximum Gasteiger partial charge on any atom is 0.338 e. The molecule has 0 unspecified atom stereocenters. The Kier molecular flexibility index (Phi) is 5.51.